The minimum absolute atomic E-state index is 0.0473. The Morgan fingerprint density at radius 2 is 1.78 bits per heavy atom. The summed E-state index contributed by atoms with van der Waals surface area (Å²) in [5.74, 6) is -0.417. The number of carbonyl (C=O) groups excluding carboxylic acids is 2. The fraction of sp³-hybridized carbons (Fsp3) is 0.867. The van der Waals surface area contributed by atoms with Crippen molar-refractivity contribution in [2.45, 2.75) is 70.6 Å². The molecule has 1 saturated carbocycles. The fourth-order valence-corrected chi connectivity index (χ4v) is 4.02. The van der Waals surface area contributed by atoms with Gasteiger partial charge in [0.15, 0.2) is 0 Å². The predicted octanol–water partition coefficient (Wildman–Crippen LogP) is 1.63. The Kier molecular flexibility index (Phi) is 4.94. The van der Waals surface area contributed by atoms with Gasteiger partial charge in [0.25, 0.3) is 5.91 Å². The summed E-state index contributed by atoms with van der Waals surface area (Å²) < 4.78 is 30.1. The molecule has 3 unspecified atom stereocenters. The first-order valence-corrected chi connectivity index (χ1v) is 9.90. The van der Waals surface area contributed by atoms with Crippen LogP contribution in [0.3, 0.4) is 0 Å². The maximum atomic E-state index is 12.6. The van der Waals surface area contributed by atoms with Crippen LogP contribution in [0.5, 0.6) is 0 Å². The second-order valence-electron chi connectivity index (χ2n) is 7.49. The van der Waals surface area contributed by atoms with Crippen molar-refractivity contribution >= 4 is 22.0 Å². The maximum Gasteiger partial charge on any atom is 0.411 e. The summed E-state index contributed by atoms with van der Waals surface area (Å²) in [4.78, 5) is 26.4. The minimum Gasteiger partial charge on any atom is -0.444 e. The number of carbonyl (C=O) groups is 2. The number of likely N-dealkylation sites (tertiary alicyclic amines) is 1. The third-order valence-electron chi connectivity index (χ3n) is 4.28. The van der Waals surface area contributed by atoms with Gasteiger partial charge in [0.05, 0.1) is 6.26 Å². The molecule has 2 rings (SSSR count). The van der Waals surface area contributed by atoms with Gasteiger partial charge in [0, 0.05) is 6.04 Å². The highest BCUT2D eigenvalue weighted by Gasteiger charge is 2.49. The Bertz CT molecular complexity index is 581. The van der Waals surface area contributed by atoms with E-state index in [4.69, 9.17) is 4.74 Å². The summed E-state index contributed by atoms with van der Waals surface area (Å²) in [5, 5.41) is 0. The topological polar surface area (TPSA) is 92.8 Å². The van der Waals surface area contributed by atoms with Gasteiger partial charge < -0.3 is 4.74 Å². The summed E-state index contributed by atoms with van der Waals surface area (Å²) in [5.41, 5.74) is -0.665. The first kappa shape index (κ1) is 18.0. The highest BCUT2D eigenvalue weighted by Crippen LogP contribution is 2.40. The van der Waals surface area contributed by atoms with Crippen LogP contribution in [0.4, 0.5) is 4.79 Å². The molecule has 8 heteroatoms. The van der Waals surface area contributed by atoms with Crippen LogP contribution in [-0.4, -0.2) is 49.3 Å². The molecule has 0 aromatic heterocycles. The average molecular weight is 346 g/mol. The van der Waals surface area contributed by atoms with E-state index in [0.717, 1.165) is 31.9 Å². The second kappa shape index (κ2) is 6.30. The van der Waals surface area contributed by atoms with Crippen molar-refractivity contribution < 1.29 is 22.7 Å². The van der Waals surface area contributed by atoms with Gasteiger partial charge >= 0.3 is 6.09 Å². The molecular formula is C15H26N2O5S. The molecule has 1 saturated heterocycles. The normalized spacial score (nSPS) is 28.2. The van der Waals surface area contributed by atoms with Crippen molar-refractivity contribution in [2.75, 3.05) is 6.26 Å². The quantitative estimate of drug-likeness (QED) is 0.820. The van der Waals surface area contributed by atoms with E-state index in [-0.39, 0.29) is 12.0 Å². The van der Waals surface area contributed by atoms with E-state index in [1.165, 1.54) is 4.90 Å². The molecule has 23 heavy (non-hydrogen) atoms. The van der Waals surface area contributed by atoms with Crippen molar-refractivity contribution in [2.24, 2.45) is 5.92 Å². The van der Waals surface area contributed by atoms with E-state index in [1.54, 1.807) is 20.8 Å². The van der Waals surface area contributed by atoms with E-state index in [1.807, 2.05) is 4.72 Å². The lowest BCUT2D eigenvalue weighted by atomic mass is 9.85. The Balaban J connectivity index is 2.23. The number of nitrogens with one attached hydrogen (secondary N) is 1. The van der Waals surface area contributed by atoms with Gasteiger partial charge in [-0.25, -0.2) is 13.2 Å². The summed E-state index contributed by atoms with van der Waals surface area (Å²) >= 11 is 0. The number of rotatable bonds is 2. The molecular weight excluding hydrogens is 320 g/mol. The number of amides is 2. The molecule has 0 aromatic carbocycles. The molecule has 0 radical (unpaired) electrons. The van der Waals surface area contributed by atoms with E-state index < -0.39 is 33.7 Å². The van der Waals surface area contributed by atoms with Crippen molar-refractivity contribution in [3.05, 3.63) is 0 Å². The number of fused-ring (bicyclic) bond motifs is 1. The largest absolute Gasteiger partial charge is 0.444 e. The first-order valence-electron chi connectivity index (χ1n) is 8.01. The average Bonchev–Trinajstić information content (AvgIpc) is 2.73. The van der Waals surface area contributed by atoms with Crippen LogP contribution in [-0.2, 0) is 19.6 Å². The summed E-state index contributed by atoms with van der Waals surface area (Å²) in [6.07, 6.45) is 4.74. The fourth-order valence-electron chi connectivity index (χ4n) is 3.52. The number of hydrogen-bond acceptors (Lipinski definition) is 5. The van der Waals surface area contributed by atoms with Crippen LogP contribution >= 0.6 is 0 Å². The zero-order valence-electron chi connectivity index (χ0n) is 14.2. The SMILES string of the molecule is CC(C)(C)OC(=O)N1C(C(=O)NS(C)(=O)=O)CC2CCCCC21. The lowest BCUT2D eigenvalue weighted by Crippen LogP contribution is -2.51. The number of nitrogens with zero attached hydrogens (tertiary/aromatic N) is 1. The van der Waals surface area contributed by atoms with Crippen molar-refractivity contribution in [3.8, 4) is 0 Å². The van der Waals surface area contributed by atoms with Gasteiger partial charge in [0.2, 0.25) is 10.0 Å². The number of hydrogen-bond donors (Lipinski definition) is 1. The number of ether oxygens (including phenoxy) is 1. The smallest absolute Gasteiger partial charge is 0.411 e. The van der Waals surface area contributed by atoms with Gasteiger partial charge in [-0.05, 0) is 46.0 Å². The van der Waals surface area contributed by atoms with E-state index >= 15 is 0 Å². The molecule has 2 aliphatic rings. The summed E-state index contributed by atoms with van der Waals surface area (Å²) in [6, 6.07) is -0.832. The van der Waals surface area contributed by atoms with Crippen LogP contribution in [0.2, 0.25) is 0 Å². The van der Waals surface area contributed by atoms with Crippen LogP contribution in [0, 0.1) is 5.92 Å². The van der Waals surface area contributed by atoms with Gasteiger partial charge in [-0.1, -0.05) is 12.8 Å². The maximum absolute atomic E-state index is 12.6. The predicted molar refractivity (Wildman–Crippen MR) is 85.2 cm³/mol. The molecule has 1 aliphatic heterocycles. The van der Waals surface area contributed by atoms with Crippen LogP contribution in [0.25, 0.3) is 0 Å². The lowest BCUT2D eigenvalue weighted by Gasteiger charge is -2.34. The molecule has 3 atom stereocenters. The molecule has 0 bridgehead atoms. The molecule has 7 nitrogen and oxygen atoms in total. The molecule has 132 valence electrons. The number of sulfonamides is 1. The zero-order chi connectivity index (χ0) is 17.4. The lowest BCUT2D eigenvalue weighted by molar-refractivity contribution is -0.124. The molecule has 2 amide bonds. The van der Waals surface area contributed by atoms with Crippen LogP contribution in [0.1, 0.15) is 52.9 Å². The Morgan fingerprint density at radius 3 is 2.35 bits per heavy atom. The van der Waals surface area contributed by atoms with Crippen LogP contribution in [0.15, 0.2) is 0 Å². The third-order valence-corrected chi connectivity index (χ3v) is 4.85. The van der Waals surface area contributed by atoms with Gasteiger partial charge in [0.1, 0.15) is 11.6 Å². The third kappa shape index (κ3) is 4.59. The molecule has 1 aliphatic carbocycles. The standard InChI is InChI=1S/C15H26N2O5S/c1-15(2,3)22-14(19)17-11-8-6-5-7-10(11)9-12(17)13(18)16-23(4,20)21/h10-12H,5-9H2,1-4H3,(H,16,18). The monoisotopic (exact) mass is 346 g/mol. The molecule has 1 heterocycles. The minimum atomic E-state index is -3.66. The van der Waals surface area contributed by atoms with E-state index in [2.05, 4.69) is 0 Å². The Hall–Kier alpha value is -1.31. The van der Waals surface area contributed by atoms with Crippen molar-refractivity contribution in [1.82, 2.24) is 9.62 Å². The molecule has 1 N–H and O–H groups in total. The molecule has 2 fully saturated rings. The van der Waals surface area contributed by atoms with E-state index in [9.17, 15) is 18.0 Å². The second-order valence-corrected chi connectivity index (χ2v) is 9.24. The summed E-state index contributed by atoms with van der Waals surface area (Å²) in [7, 11) is -3.66. The zero-order valence-corrected chi connectivity index (χ0v) is 15.0. The first-order chi connectivity index (χ1) is 10.5. The van der Waals surface area contributed by atoms with E-state index in [0.29, 0.717) is 6.42 Å². The van der Waals surface area contributed by atoms with Crippen LogP contribution < -0.4 is 4.72 Å². The highest BCUT2D eigenvalue weighted by molar-refractivity contribution is 7.89. The molecule has 0 spiro atoms. The van der Waals surface area contributed by atoms with Crippen molar-refractivity contribution in [1.29, 1.82) is 0 Å². The van der Waals surface area contributed by atoms with Gasteiger partial charge in [-0.2, -0.15) is 0 Å². The van der Waals surface area contributed by atoms with Gasteiger partial charge in [-0.3, -0.25) is 14.4 Å². The highest BCUT2D eigenvalue weighted by atomic mass is 32.2. The Labute approximate surface area is 137 Å². The van der Waals surface area contributed by atoms with Crippen molar-refractivity contribution in [3.63, 3.8) is 0 Å². The van der Waals surface area contributed by atoms with Gasteiger partial charge in [-0.15, -0.1) is 0 Å². The molecule has 0 aromatic rings. The summed E-state index contributed by atoms with van der Waals surface area (Å²) in [6.45, 7) is 5.31. The Morgan fingerprint density at radius 1 is 1.17 bits per heavy atom.